The van der Waals surface area contributed by atoms with Crippen molar-refractivity contribution >= 4 is 17.4 Å². The highest BCUT2D eigenvalue weighted by molar-refractivity contribution is 5.94. The molecular weight excluding hydrogens is 300 g/mol. The molecule has 0 aliphatic heterocycles. The Kier molecular flexibility index (Phi) is 5.74. The van der Waals surface area contributed by atoms with Gasteiger partial charge in [-0.1, -0.05) is 18.2 Å². The third-order valence-corrected chi connectivity index (χ3v) is 4.15. The van der Waals surface area contributed by atoms with Crippen LogP contribution in [0.25, 0.3) is 0 Å². The van der Waals surface area contributed by atoms with Crippen LogP contribution in [0.5, 0.6) is 0 Å². The minimum Gasteiger partial charge on any atom is -0.376 e. The molecule has 24 heavy (non-hydrogen) atoms. The fourth-order valence-corrected chi connectivity index (χ4v) is 2.41. The molecule has 0 aliphatic rings. The summed E-state index contributed by atoms with van der Waals surface area (Å²) in [5, 5.41) is 6.05. The molecule has 0 spiro atoms. The Labute approximate surface area is 143 Å². The van der Waals surface area contributed by atoms with Gasteiger partial charge < -0.3 is 10.6 Å². The molecular formula is C20H24N2O2. The number of anilines is 1. The largest absolute Gasteiger partial charge is 0.376 e. The number of rotatable bonds is 6. The Hall–Kier alpha value is -2.62. The zero-order chi connectivity index (χ0) is 17.7. The van der Waals surface area contributed by atoms with Gasteiger partial charge in [0.1, 0.15) is 0 Å². The summed E-state index contributed by atoms with van der Waals surface area (Å²) < 4.78 is 0. The molecule has 4 nitrogen and oxygen atoms in total. The number of carbonyl (C=O) groups is 2. The van der Waals surface area contributed by atoms with Crippen molar-refractivity contribution in [2.24, 2.45) is 0 Å². The lowest BCUT2D eigenvalue weighted by Gasteiger charge is -2.16. The molecule has 126 valence electrons. The van der Waals surface area contributed by atoms with Gasteiger partial charge in [0.05, 0.1) is 12.6 Å². The molecule has 2 rings (SSSR count). The zero-order valence-corrected chi connectivity index (χ0v) is 14.6. The number of amides is 1. The monoisotopic (exact) mass is 324 g/mol. The van der Waals surface area contributed by atoms with Crippen molar-refractivity contribution < 1.29 is 9.59 Å². The number of carbonyl (C=O) groups excluding carboxylic acids is 2. The fourth-order valence-electron chi connectivity index (χ4n) is 2.41. The standard InChI is InChI=1S/C20H24N2O2/c1-13-5-6-18(11-14(13)2)15(3)22-20(24)12-21-19-9-7-17(8-10-19)16(4)23/h5-11,15,21H,12H2,1-4H3,(H,22,24). The minimum absolute atomic E-state index is 0.0292. The van der Waals surface area contributed by atoms with Crippen molar-refractivity contribution in [2.75, 3.05) is 11.9 Å². The summed E-state index contributed by atoms with van der Waals surface area (Å²) in [4.78, 5) is 23.3. The van der Waals surface area contributed by atoms with Gasteiger partial charge in [-0.3, -0.25) is 9.59 Å². The lowest BCUT2D eigenvalue weighted by molar-refractivity contribution is -0.120. The maximum absolute atomic E-state index is 12.1. The molecule has 0 saturated heterocycles. The van der Waals surface area contributed by atoms with Gasteiger partial charge in [-0.2, -0.15) is 0 Å². The predicted octanol–water partition coefficient (Wildman–Crippen LogP) is 3.80. The average molecular weight is 324 g/mol. The lowest BCUT2D eigenvalue weighted by Crippen LogP contribution is -2.32. The third-order valence-electron chi connectivity index (χ3n) is 4.15. The second kappa shape index (κ2) is 7.77. The van der Waals surface area contributed by atoms with Gasteiger partial charge in [0.2, 0.25) is 5.91 Å². The summed E-state index contributed by atoms with van der Waals surface area (Å²) in [6.45, 7) is 7.84. The molecule has 0 aliphatic carbocycles. The van der Waals surface area contributed by atoms with Gasteiger partial charge in [0.25, 0.3) is 0 Å². The second-order valence-corrected chi connectivity index (χ2v) is 6.12. The van der Waals surface area contributed by atoms with E-state index in [2.05, 4.69) is 36.6 Å². The van der Waals surface area contributed by atoms with Crippen LogP contribution >= 0.6 is 0 Å². The molecule has 1 atom stereocenters. The topological polar surface area (TPSA) is 58.2 Å². The van der Waals surface area contributed by atoms with E-state index in [1.807, 2.05) is 13.0 Å². The number of ketones is 1. The third kappa shape index (κ3) is 4.69. The summed E-state index contributed by atoms with van der Waals surface area (Å²) in [7, 11) is 0. The van der Waals surface area contributed by atoms with Crippen LogP contribution in [0, 0.1) is 13.8 Å². The number of hydrogen-bond acceptors (Lipinski definition) is 3. The van der Waals surface area contributed by atoms with Crippen LogP contribution in [0.15, 0.2) is 42.5 Å². The normalized spacial score (nSPS) is 11.7. The van der Waals surface area contributed by atoms with Crippen molar-refractivity contribution in [3.8, 4) is 0 Å². The van der Waals surface area contributed by atoms with Gasteiger partial charge >= 0.3 is 0 Å². The molecule has 0 aromatic heterocycles. The summed E-state index contributed by atoms with van der Waals surface area (Å²) in [6.07, 6.45) is 0. The Bertz CT molecular complexity index is 736. The average Bonchev–Trinajstić information content (AvgIpc) is 2.55. The van der Waals surface area contributed by atoms with E-state index in [0.717, 1.165) is 11.3 Å². The molecule has 0 fully saturated rings. The Morgan fingerprint density at radius 2 is 1.67 bits per heavy atom. The first-order chi connectivity index (χ1) is 11.4. The Balaban J connectivity index is 1.88. The van der Waals surface area contributed by atoms with E-state index in [4.69, 9.17) is 0 Å². The highest BCUT2D eigenvalue weighted by Gasteiger charge is 2.10. The zero-order valence-electron chi connectivity index (χ0n) is 14.6. The molecule has 0 radical (unpaired) electrons. The second-order valence-electron chi connectivity index (χ2n) is 6.12. The van der Waals surface area contributed by atoms with Crippen molar-refractivity contribution in [1.82, 2.24) is 5.32 Å². The number of hydrogen-bond donors (Lipinski definition) is 2. The van der Waals surface area contributed by atoms with E-state index in [9.17, 15) is 9.59 Å². The van der Waals surface area contributed by atoms with Gasteiger partial charge in [-0.15, -0.1) is 0 Å². The van der Waals surface area contributed by atoms with Crippen LogP contribution in [0.3, 0.4) is 0 Å². The van der Waals surface area contributed by atoms with Crippen LogP contribution in [0.1, 0.15) is 46.9 Å². The SMILES string of the molecule is CC(=O)c1ccc(NCC(=O)NC(C)c2ccc(C)c(C)c2)cc1. The number of Topliss-reactive ketones (excluding diaryl/α,β-unsaturated/α-hetero) is 1. The number of aryl methyl sites for hydroxylation is 2. The van der Waals surface area contributed by atoms with E-state index >= 15 is 0 Å². The fraction of sp³-hybridized carbons (Fsp3) is 0.300. The van der Waals surface area contributed by atoms with Crippen LogP contribution < -0.4 is 10.6 Å². The van der Waals surface area contributed by atoms with E-state index in [1.54, 1.807) is 24.3 Å². The molecule has 1 unspecified atom stereocenters. The smallest absolute Gasteiger partial charge is 0.239 e. The molecule has 2 aromatic carbocycles. The Morgan fingerprint density at radius 3 is 2.25 bits per heavy atom. The predicted molar refractivity (Wildman–Crippen MR) is 97.4 cm³/mol. The van der Waals surface area contributed by atoms with Crippen LogP contribution in [0.2, 0.25) is 0 Å². The summed E-state index contributed by atoms with van der Waals surface area (Å²) in [5.41, 5.74) is 5.03. The Morgan fingerprint density at radius 1 is 1.00 bits per heavy atom. The number of nitrogens with one attached hydrogen (secondary N) is 2. The summed E-state index contributed by atoms with van der Waals surface area (Å²) in [5.74, 6) is -0.0436. The molecule has 0 heterocycles. The van der Waals surface area contributed by atoms with Crippen molar-refractivity contribution in [1.29, 1.82) is 0 Å². The molecule has 0 bridgehead atoms. The van der Waals surface area contributed by atoms with E-state index < -0.39 is 0 Å². The summed E-state index contributed by atoms with van der Waals surface area (Å²) in [6, 6.07) is 13.3. The van der Waals surface area contributed by atoms with Crippen molar-refractivity contribution in [3.05, 3.63) is 64.7 Å². The van der Waals surface area contributed by atoms with E-state index in [1.165, 1.54) is 18.1 Å². The van der Waals surface area contributed by atoms with E-state index in [-0.39, 0.29) is 24.3 Å². The number of benzene rings is 2. The minimum atomic E-state index is -0.0728. The maximum Gasteiger partial charge on any atom is 0.239 e. The van der Waals surface area contributed by atoms with Crippen LogP contribution in [0.4, 0.5) is 5.69 Å². The molecule has 0 saturated carbocycles. The first-order valence-electron chi connectivity index (χ1n) is 8.08. The maximum atomic E-state index is 12.1. The quantitative estimate of drug-likeness (QED) is 0.795. The summed E-state index contributed by atoms with van der Waals surface area (Å²) >= 11 is 0. The van der Waals surface area contributed by atoms with Crippen molar-refractivity contribution in [3.63, 3.8) is 0 Å². The molecule has 2 N–H and O–H groups in total. The van der Waals surface area contributed by atoms with Crippen LogP contribution in [-0.2, 0) is 4.79 Å². The molecule has 1 amide bonds. The highest BCUT2D eigenvalue weighted by atomic mass is 16.2. The first kappa shape index (κ1) is 17.7. The molecule has 2 aromatic rings. The van der Waals surface area contributed by atoms with Gasteiger partial charge in [0.15, 0.2) is 5.78 Å². The van der Waals surface area contributed by atoms with Gasteiger partial charge in [-0.05, 0) is 68.7 Å². The van der Waals surface area contributed by atoms with E-state index in [0.29, 0.717) is 5.56 Å². The van der Waals surface area contributed by atoms with Gasteiger partial charge in [-0.25, -0.2) is 0 Å². The van der Waals surface area contributed by atoms with Crippen LogP contribution in [-0.4, -0.2) is 18.2 Å². The molecule has 4 heteroatoms. The van der Waals surface area contributed by atoms with Crippen molar-refractivity contribution in [2.45, 2.75) is 33.7 Å². The lowest BCUT2D eigenvalue weighted by atomic mass is 10.0. The first-order valence-corrected chi connectivity index (χ1v) is 8.08. The highest BCUT2D eigenvalue weighted by Crippen LogP contribution is 2.16. The van der Waals surface area contributed by atoms with Gasteiger partial charge in [0, 0.05) is 11.3 Å².